The highest BCUT2D eigenvalue weighted by Crippen LogP contribution is 2.31. The maximum absolute atomic E-state index is 12.6. The number of nitrogens with one attached hydrogen (secondary N) is 1. The lowest BCUT2D eigenvalue weighted by Crippen LogP contribution is -2.39. The van der Waals surface area contributed by atoms with Crippen molar-refractivity contribution in [2.75, 3.05) is 7.11 Å². The lowest BCUT2D eigenvalue weighted by molar-refractivity contribution is -0.142. The molecule has 0 aromatic heterocycles. The van der Waals surface area contributed by atoms with Crippen molar-refractivity contribution < 1.29 is 27.5 Å². The molecule has 0 fully saturated rings. The number of benzene rings is 2. The van der Waals surface area contributed by atoms with Crippen LogP contribution in [0.25, 0.3) is 11.1 Å². The standard InChI is InChI=1S/C18H16F3NO3/c1-11(17(24)25-2)22-16(23)14-5-3-12(4-6-14)13-7-9-15(10-8-13)18(19,20)21/h3-11H,1-2H3,(H,22,23). The average Bonchev–Trinajstić information content (AvgIpc) is 2.60. The van der Waals surface area contributed by atoms with Gasteiger partial charge < -0.3 is 10.1 Å². The van der Waals surface area contributed by atoms with Crippen molar-refractivity contribution >= 4 is 11.9 Å². The highest BCUT2D eigenvalue weighted by Gasteiger charge is 2.29. The van der Waals surface area contributed by atoms with Gasteiger partial charge >= 0.3 is 12.1 Å². The van der Waals surface area contributed by atoms with Gasteiger partial charge in [-0.1, -0.05) is 24.3 Å². The van der Waals surface area contributed by atoms with E-state index in [1.54, 1.807) is 12.1 Å². The zero-order chi connectivity index (χ0) is 18.6. The largest absolute Gasteiger partial charge is 0.467 e. The number of esters is 1. The first-order valence-electron chi connectivity index (χ1n) is 7.39. The van der Waals surface area contributed by atoms with Crippen LogP contribution in [0.3, 0.4) is 0 Å². The van der Waals surface area contributed by atoms with E-state index in [0.717, 1.165) is 12.1 Å². The monoisotopic (exact) mass is 351 g/mol. The first-order chi connectivity index (χ1) is 11.7. The molecular formula is C18H16F3NO3. The topological polar surface area (TPSA) is 55.4 Å². The Morgan fingerprint density at radius 1 is 0.960 bits per heavy atom. The maximum Gasteiger partial charge on any atom is 0.416 e. The smallest absolute Gasteiger partial charge is 0.416 e. The predicted octanol–water partition coefficient (Wildman–Crippen LogP) is 3.66. The number of hydrogen-bond acceptors (Lipinski definition) is 3. The van der Waals surface area contributed by atoms with Crippen molar-refractivity contribution in [2.45, 2.75) is 19.1 Å². The molecule has 7 heteroatoms. The van der Waals surface area contributed by atoms with Gasteiger partial charge in [-0.3, -0.25) is 4.79 Å². The highest BCUT2D eigenvalue weighted by molar-refractivity contribution is 5.97. The quantitative estimate of drug-likeness (QED) is 0.856. The summed E-state index contributed by atoms with van der Waals surface area (Å²) in [7, 11) is 1.23. The van der Waals surface area contributed by atoms with Gasteiger partial charge in [0.2, 0.25) is 0 Å². The summed E-state index contributed by atoms with van der Waals surface area (Å²) < 4.78 is 42.2. The number of hydrogen-bond donors (Lipinski definition) is 1. The number of carbonyl (C=O) groups excluding carboxylic acids is 2. The third-order valence-corrected chi connectivity index (χ3v) is 3.59. The van der Waals surface area contributed by atoms with Crippen molar-refractivity contribution in [2.24, 2.45) is 0 Å². The third-order valence-electron chi connectivity index (χ3n) is 3.59. The van der Waals surface area contributed by atoms with Gasteiger partial charge in [-0.15, -0.1) is 0 Å². The Morgan fingerprint density at radius 3 is 1.88 bits per heavy atom. The summed E-state index contributed by atoms with van der Waals surface area (Å²) in [6.07, 6.45) is -4.38. The predicted molar refractivity (Wildman–Crippen MR) is 85.8 cm³/mol. The van der Waals surface area contributed by atoms with Crippen LogP contribution in [0.2, 0.25) is 0 Å². The molecule has 0 aliphatic carbocycles. The normalized spacial score (nSPS) is 12.4. The number of carbonyl (C=O) groups is 2. The van der Waals surface area contributed by atoms with E-state index >= 15 is 0 Å². The van der Waals surface area contributed by atoms with Gasteiger partial charge in [-0.25, -0.2) is 4.79 Å². The van der Waals surface area contributed by atoms with Crippen LogP contribution >= 0.6 is 0 Å². The summed E-state index contributed by atoms with van der Waals surface area (Å²) in [5, 5.41) is 2.49. The van der Waals surface area contributed by atoms with Crippen molar-refractivity contribution in [1.29, 1.82) is 0 Å². The molecule has 4 nitrogen and oxygen atoms in total. The third kappa shape index (κ3) is 4.59. The second kappa shape index (κ2) is 7.38. The molecule has 1 amide bonds. The fourth-order valence-corrected chi connectivity index (χ4v) is 2.18. The van der Waals surface area contributed by atoms with Gasteiger partial charge in [0.15, 0.2) is 0 Å². The molecule has 0 aliphatic heterocycles. The van der Waals surface area contributed by atoms with E-state index < -0.39 is 29.7 Å². The van der Waals surface area contributed by atoms with Gasteiger partial charge in [0.1, 0.15) is 6.04 Å². The van der Waals surface area contributed by atoms with Gasteiger partial charge in [-0.2, -0.15) is 13.2 Å². The van der Waals surface area contributed by atoms with Crippen molar-refractivity contribution in [3.8, 4) is 11.1 Å². The summed E-state index contributed by atoms with van der Waals surface area (Å²) in [5.41, 5.74) is 0.879. The van der Waals surface area contributed by atoms with E-state index in [1.165, 1.54) is 38.3 Å². The van der Waals surface area contributed by atoms with Gasteiger partial charge in [0.25, 0.3) is 5.91 Å². The zero-order valence-electron chi connectivity index (χ0n) is 13.6. The minimum atomic E-state index is -4.38. The second-order valence-corrected chi connectivity index (χ2v) is 5.37. The van der Waals surface area contributed by atoms with Crippen LogP contribution in [-0.2, 0) is 15.7 Å². The zero-order valence-corrected chi connectivity index (χ0v) is 13.6. The minimum absolute atomic E-state index is 0.325. The molecule has 0 saturated carbocycles. The summed E-state index contributed by atoms with van der Waals surface area (Å²) in [5.74, 6) is -1.01. The van der Waals surface area contributed by atoms with Crippen molar-refractivity contribution in [3.63, 3.8) is 0 Å². The molecule has 0 heterocycles. The number of rotatable bonds is 4. The van der Waals surface area contributed by atoms with Crippen LogP contribution in [0.5, 0.6) is 0 Å². The number of halogens is 3. The van der Waals surface area contributed by atoms with E-state index in [9.17, 15) is 22.8 Å². The summed E-state index contributed by atoms with van der Waals surface area (Å²) in [6.45, 7) is 1.50. The first kappa shape index (κ1) is 18.5. The molecule has 0 bridgehead atoms. The minimum Gasteiger partial charge on any atom is -0.467 e. The Morgan fingerprint density at radius 2 is 1.44 bits per heavy atom. The van der Waals surface area contributed by atoms with Crippen LogP contribution in [0, 0.1) is 0 Å². The van der Waals surface area contributed by atoms with E-state index in [-0.39, 0.29) is 0 Å². The van der Waals surface area contributed by atoms with Crippen LogP contribution in [-0.4, -0.2) is 25.0 Å². The average molecular weight is 351 g/mol. The SMILES string of the molecule is COC(=O)C(C)NC(=O)c1ccc(-c2ccc(C(F)(F)F)cc2)cc1. The molecule has 25 heavy (non-hydrogen) atoms. The Labute approximate surface area is 142 Å². The van der Waals surface area contributed by atoms with Crippen LogP contribution in [0.1, 0.15) is 22.8 Å². The van der Waals surface area contributed by atoms with Crippen LogP contribution < -0.4 is 5.32 Å². The molecule has 2 aromatic carbocycles. The van der Waals surface area contributed by atoms with Gasteiger partial charge in [-0.05, 0) is 42.3 Å². The summed E-state index contributed by atoms with van der Waals surface area (Å²) in [6, 6.07) is 10.3. The van der Waals surface area contributed by atoms with E-state index in [1.807, 2.05) is 0 Å². The van der Waals surface area contributed by atoms with Crippen molar-refractivity contribution in [1.82, 2.24) is 5.32 Å². The molecule has 0 spiro atoms. The molecule has 0 radical (unpaired) electrons. The molecule has 132 valence electrons. The van der Waals surface area contributed by atoms with E-state index in [4.69, 9.17) is 0 Å². The van der Waals surface area contributed by atoms with Crippen LogP contribution in [0.4, 0.5) is 13.2 Å². The Balaban J connectivity index is 2.11. The number of ether oxygens (including phenoxy) is 1. The molecule has 0 aliphatic rings. The van der Waals surface area contributed by atoms with E-state index in [0.29, 0.717) is 16.7 Å². The lowest BCUT2D eigenvalue weighted by Gasteiger charge is -2.12. The fourth-order valence-electron chi connectivity index (χ4n) is 2.18. The fraction of sp³-hybridized carbons (Fsp3) is 0.222. The molecule has 0 saturated heterocycles. The number of methoxy groups -OCH3 is 1. The van der Waals surface area contributed by atoms with Gasteiger partial charge in [0, 0.05) is 5.56 Å². The van der Waals surface area contributed by atoms with Crippen LogP contribution in [0.15, 0.2) is 48.5 Å². The summed E-state index contributed by atoms with van der Waals surface area (Å²) >= 11 is 0. The lowest BCUT2D eigenvalue weighted by atomic mass is 10.0. The molecular weight excluding hydrogens is 335 g/mol. The molecule has 1 atom stereocenters. The molecule has 1 N–H and O–H groups in total. The molecule has 2 aromatic rings. The second-order valence-electron chi connectivity index (χ2n) is 5.37. The van der Waals surface area contributed by atoms with Gasteiger partial charge in [0.05, 0.1) is 12.7 Å². The van der Waals surface area contributed by atoms with E-state index in [2.05, 4.69) is 10.1 Å². The number of alkyl halides is 3. The Kier molecular flexibility index (Phi) is 5.46. The van der Waals surface area contributed by atoms with Crippen molar-refractivity contribution in [3.05, 3.63) is 59.7 Å². The molecule has 1 unspecified atom stereocenters. The Bertz CT molecular complexity index is 753. The number of amides is 1. The first-order valence-corrected chi connectivity index (χ1v) is 7.39. The Hall–Kier alpha value is -2.83. The summed E-state index contributed by atoms with van der Waals surface area (Å²) in [4.78, 5) is 23.3. The highest BCUT2D eigenvalue weighted by atomic mass is 19.4. The maximum atomic E-state index is 12.6. The molecule has 2 rings (SSSR count).